The summed E-state index contributed by atoms with van der Waals surface area (Å²) in [6.45, 7) is 3.62. The molecule has 0 amide bonds. The Labute approximate surface area is 70.6 Å². The van der Waals surface area contributed by atoms with Crippen molar-refractivity contribution in [2.75, 3.05) is 13.6 Å². The Morgan fingerprint density at radius 2 is 2.00 bits per heavy atom. The van der Waals surface area contributed by atoms with Gasteiger partial charge in [-0.1, -0.05) is 26.2 Å². The Hall–Kier alpha value is -0.0400. The quantitative estimate of drug-likeness (QED) is 0.604. The van der Waals surface area contributed by atoms with Gasteiger partial charge < -0.3 is 5.32 Å². The van der Waals surface area contributed by atoms with Crippen LogP contribution in [0.15, 0.2) is 0 Å². The monoisotopic (exact) mass is 155 g/mol. The van der Waals surface area contributed by atoms with Crippen LogP contribution in [0.25, 0.3) is 0 Å². The maximum atomic E-state index is 3.29. The van der Waals surface area contributed by atoms with Gasteiger partial charge in [-0.2, -0.15) is 0 Å². The molecule has 1 heteroatoms. The SMILES string of the molecule is CNC[C@@H]1CCCCC(C)C1. The minimum atomic E-state index is 0.956. The highest BCUT2D eigenvalue weighted by atomic mass is 14.8. The molecule has 0 heterocycles. The van der Waals surface area contributed by atoms with Crippen molar-refractivity contribution < 1.29 is 0 Å². The van der Waals surface area contributed by atoms with Crippen molar-refractivity contribution in [3.63, 3.8) is 0 Å². The topological polar surface area (TPSA) is 12.0 Å². The zero-order chi connectivity index (χ0) is 8.10. The highest BCUT2D eigenvalue weighted by molar-refractivity contribution is 4.69. The molecule has 0 bridgehead atoms. The molecule has 1 aliphatic carbocycles. The smallest absolute Gasteiger partial charge is 0.00234 e. The Morgan fingerprint density at radius 1 is 1.27 bits per heavy atom. The molecule has 66 valence electrons. The van der Waals surface area contributed by atoms with Gasteiger partial charge in [-0.3, -0.25) is 0 Å². The highest BCUT2D eigenvalue weighted by Gasteiger charge is 2.15. The van der Waals surface area contributed by atoms with Crippen molar-refractivity contribution >= 4 is 0 Å². The summed E-state index contributed by atoms with van der Waals surface area (Å²) in [7, 11) is 2.07. The summed E-state index contributed by atoms with van der Waals surface area (Å²) in [5, 5.41) is 3.29. The third-order valence-electron chi connectivity index (χ3n) is 2.79. The Bertz CT molecular complexity index is 101. The van der Waals surface area contributed by atoms with Gasteiger partial charge in [-0.15, -0.1) is 0 Å². The van der Waals surface area contributed by atoms with E-state index in [-0.39, 0.29) is 0 Å². The molecule has 11 heavy (non-hydrogen) atoms. The molecule has 1 rings (SSSR count). The predicted molar refractivity (Wildman–Crippen MR) is 49.7 cm³/mol. The summed E-state index contributed by atoms with van der Waals surface area (Å²) in [4.78, 5) is 0. The van der Waals surface area contributed by atoms with Gasteiger partial charge in [0.25, 0.3) is 0 Å². The minimum absolute atomic E-state index is 0.956. The Morgan fingerprint density at radius 3 is 2.73 bits per heavy atom. The lowest BCUT2D eigenvalue weighted by Crippen LogP contribution is -2.19. The van der Waals surface area contributed by atoms with E-state index in [0.717, 1.165) is 11.8 Å². The van der Waals surface area contributed by atoms with Crippen molar-refractivity contribution in [2.45, 2.75) is 39.0 Å². The number of rotatable bonds is 2. The average molecular weight is 155 g/mol. The van der Waals surface area contributed by atoms with Crippen molar-refractivity contribution in [3.8, 4) is 0 Å². The van der Waals surface area contributed by atoms with Gasteiger partial charge in [0.2, 0.25) is 0 Å². The van der Waals surface area contributed by atoms with Crippen molar-refractivity contribution in [1.29, 1.82) is 0 Å². The summed E-state index contributed by atoms with van der Waals surface area (Å²) in [6.07, 6.45) is 7.27. The van der Waals surface area contributed by atoms with Crippen LogP contribution in [0.5, 0.6) is 0 Å². The first-order valence-electron chi connectivity index (χ1n) is 4.97. The molecule has 0 aliphatic heterocycles. The molecule has 1 unspecified atom stereocenters. The van der Waals surface area contributed by atoms with E-state index in [1.807, 2.05) is 0 Å². The third-order valence-corrected chi connectivity index (χ3v) is 2.79. The summed E-state index contributed by atoms with van der Waals surface area (Å²) in [5.41, 5.74) is 0. The summed E-state index contributed by atoms with van der Waals surface area (Å²) >= 11 is 0. The average Bonchev–Trinajstić information content (AvgIpc) is 2.15. The van der Waals surface area contributed by atoms with Crippen LogP contribution in [0.1, 0.15) is 39.0 Å². The van der Waals surface area contributed by atoms with E-state index in [1.165, 1.54) is 38.6 Å². The molecular weight excluding hydrogens is 134 g/mol. The van der Waals surface area contributed by atoms with Crippen LogP contribution < -0.4 is 5.32 Å². The zero-order valence-electron chi connectivity index (χ0n) is 7.90. The molecule has 0 spiro atoms. The second-order valence-electron chi connectivity index (χ2n) is 4.05. The van der Waals surface area contributed by atoms with Crippen LogP contribution in [0.2, 0.25) is 0 Å². The maximum absolute atomic E-state index is 3.29. The van der Waals surface area contributed by atoms with E-state index >= 15 is 0 Å². The molecule has 1 saturated carbocycles. The van der Waals surface area contributed by atoms with Crippen LogP contribution >= 0.6 is 0 Å². The first kappa shape index (κ1) is 9.05. The molecular formula is C10H21N. The van der Waals surface area contributed by atoms with E-state index in [2.05, 4.69) is 19.3 Å². The molecule has 1 N–H and O–H groups in total. The molecule has 0 radical (unpaired) electrons. The van der Waals surface area contributed by atoms with E-state index in [0.29, 0.717) is 0 Å². The van der Waals surface area contributed by atoms with Gasteiger partial charge in [0.1, 0.15) is 0 Å². The van der Waals surface area contributed by atoms with E-state index in [4.69, 9.17) is 0 Å². The first-order chi connectivity index (χ1) is 5.33. The maximum Gasteiger partial charge on any atom is -0.00234 e. The Kier molecular flexibility index (Phi) is 3.92. The van der Waals surface area contributed by atoms with Crippen molar-refractivity contribution in [3.05, 3.63) is 0 Å². The van der Waals surface area contributed by atoms with Gasteiger partial charge >= 0.3 is 0 Å². The van der Waals surface area contributed by atoms with Gasteiger partial charge in [-0.05, 0) is 38.3 Å². The van der Waals surface area contributed by atoms with E-state index < -0.39 is 0 Å². The molecule has 2 atom stereocenters. The minimum Gasteiger partial charge on any atom is -0.319 e. The summed E-state index contributed by atoms with van der Waals surface area (Å²) in [5.74, 6) is 1.92. The van der Waals surface area contributed by atoms with E-state index in [9.17, 15) is 0 Å². The van der Waals surface area contributed by atoms with Gasteiger partial charge in [-0.25, -0.2) is 0 Å². The molecule has 1 nitrogen and oxygen atoms in total. The lowest BCUT2D eigenvalue weighted by atomic mass is 9.95. The standard InChI is InChI=1S/C10H21N/c1-9-5-3-4-6-10(7-9)8-11-2/h9-11H,3-8H2,1-2H3/t9?,10-/m1/s1. The lowest BCUT2D eigenvalue weighted by molar-refractivity contribution is 0.386. The lowest BCUT2D eigenvalue weighted by Gasteiger charge is -2.15. The molecule has 0 aromatic heterocycles. The molecule has 0 aromatic rings. The van der Waals surface area contributed by atoms with E-state index in [1.54, 1.807) is 0 Å². The molecule has 0 aromatic carbocycles. The zero-order valence-corrected chi connectivity index (χ0v) is 7.90. The second-order valence-corrected chi connectivity index (χ2v) is 4.05. The van der Waals surface area contributed by atoms with Crippen LogP contribution in [0, 0.1) is 11.8 Å². The first-order valence-corrected chi connectivity index (χ1v) is 4.97. The number of hydrogen-bond donors (Lipinski definition) is 1. The molecule has 1 aliphatic rings. The molecule has 1 fully saturated rings. The van der Waals surface area contributed by atoms with Crippen molar-refractivity contribution in [1.82, 2.24) is 5.32 Å². The fourth-order valence-electron chi connectivity index (χ4n) is 2.20. The van der Waals surface area contributed by atoms with Crippen LogP contribution in [0.3, 0.4) is 0 Å². The Balaban J connectivity index is 2.27. The summed E-state index contributed by atoms with van der Waals surface area (Å²) in [6, 6.07) is 0. The largest absolute Gasteiger partial charge is 0.319 e. The fraction of sp³-hybridized carbons (Fsp3) is 1.00. The summed E-state index contributed by atoms with van der Waals surface area (Å²) < 4.78 is 0. The fourth-order valence-corrected chi connectivity index (χ4v) is 2.20. The highest BCUT2D eigenvalue weighted by Crippen LogP contribution is 2.26. The van der Waals surface area contributed by atoms with Crippen LogP contribution in [-0.4, -0.2) is 13.6 Å². The number of hydrogen-bond acceptors (Lipinski definition) is 1. The number of nitrogens with one attached hydrogen (secondary N) is 1. The van der Waals surface area contributed by atoms with Crippen LogP contribution in [0.4, 0.5) is 0 Å². The predicted octanol–water partition coefficient (Wildman–Crippen LogP) is 2.42. The van der Waals surface area contributed by atoms with Crippen molar-refractivity contribution in [2.24, 2.45) is 11.8 Å². The third kappa shape index (κ3) is 3.24. The van der Waals surface area contributed by atoms with Gasteiger partial charge in [0.15, 0.2) is 0 Å². The normalized spacial score (nSPS) is 33.3. The van der Waals surface area contributed by atoms with Crippen LogP contribution in [-0.2, 0) is 0 Å². The van der Waals surface area contributed by atoms with Gasteiger partial charge in [0.05, 0.1) is 0 Å². The van der Waals surface area contributed by atoms with Gasteiger partial charge in [0, 0.05) is 0 Å². The second kappa shape index (κ2) is 4.76. The molecule has 0 saturated heterocycles.